The zero-order valence-electron chi connectivity index (χ0n) is 10.4. The van der Waals surface area contributed by atoms with Gasteiger partial charge in [0.2, 0.25) is 5.78 Å². The normalized spacial score (nSPS) is 18.2. The van der Waals surface area contributed by atoms with Gasteiger partial charge in [-0.2, -0.15) is 0 Å². The molecule has 0 bridgehead atoms. The first-order valence-corrected chi connectivity index (χ1v) is 6.03. The number of hydrogen-bond donors (Lipinski definition) is 0. The molecule has 2 aromatic rings. The third kappa shape index (κ3) is 1.44. The van der Waals surface area contributed by atoms with E-state index >= 15 is 0 Å². The monoisotopic (exact) mass is 242 g/mol. The summed E-state index contributed by atoms with van der Waals surface area (Å²) in [6.45, 7) is 4.72. The number of aromatic nitrogens is 3. The van der Waals surface area contributed by atoms with Crippen LogP contribution in [0.3, 0.4) is 0 Å². The highest BCUT2D eigenvalue weighted by atomic mass is 16.1. The summed E-state index contributed by atoms with van der Waals surface area (Å²) in [7, 11) is 0. The number of imidazole rings is 1. The maximum absolute atomic E-state index is 12.1. The standard InChI is InChI=1S/C13H14N4O/c1-3-16-9(2)12(18)13-15-11(8-17(13)16)10-5-4-6-14-7-10/h4-9H,3H2,1-2H3. The molecule has 0 aliphatic carbocycles. The van der Waals surface area contributed by atoms with Crippen molar-refractivity contribution in [2.24, 2.45) is 0 Å². The smallest absolute Gasteiger partial charge is 0.223 e. The van der Waals surface area contributed by atoms with E-state index in [1.165, 1.54) is 0 Å². The Hall–Kier alpha value is -2.17. The van der Waals surface area contributed by atoms with Crippen LogP contribution in [0.15, 0.2) is 30.7 Å². The van der Waals surface area contributed by atoms with Gasteiger partial charge in [0, 0.05) is 24.5 Å². The van der Waals surface area contributed by atoms with Gasteiger partial charge < -0.3 is 5.01 Å². The molecule has 0 spiro atoms. The molecule has 18 heavy (non-hydrogen) atoms. The maximum Gasteiger partial charge on any atom is 0.223 e. The molecule has 0 amide bonds. The van der Waals surface area contributed by atoms with Crippen molar-refractivity contribution in [1.29, 1.82) is 0 Å². The Morgan fingerprint density at radius 2 is 2.28 bits per heavy atom. The molecule has 5 nitrogen and oxygen atoms in total. The van der Waals surface area contributed by atoms with Crippen LogP contribution in [0.2, 0.25) is 0 Å². The second-order valence-electron chi connectivity index (χ2n) is 4.33. The van der Waals surface area contributed by atoms with Crippen molar-refractivity contribution < 1.29 is 4.79 Å². The van der Waals surface area contributed by atoms with Gasteiger partial charge in [-0.05, 0) is 26.0 Å². The van der Waals surface area contributed by atoms with Crippen molar-refractivity contribution in [3.05, 3.63) is 36.5 Å². The van der Waals surface area contributed by atoms with E-state index in [-0.39, 0.29) is 11.8 Å². The van der Waals surface area contributed by atoms with Gasteiger partial charge >= 0.3 is 0 Å². The van der Waals surface area contributed by atoms with E-state index in [9.17, 15) is 4.79 Å². The number of rotatable bonds is 2. The fourth-order valence-corrected chi connectivity index (χ4v) is 2.32. The predicted octanol–water partition coefficient (Wildman–Crippen LogP) is 1.49. The lowest BCUT2D eigenvalue weighted by Crippen LogP contribution is -2.38. The van der Waals surface area contributed by atoms with E-state index in [2.05, 4.69) is 9.97 Å². The summed E-state index contributed by atoms with van der Waals surface area (Å²) in [5.74, 6) is 0.593. The van der Waals surface area contributed by atoms with Crippen LogP contribution in [0.5, 0.6) is 0 Å². The molecule has 1 aliphatic heterocycles. The largest absolute Gasteiger partial charge is 0.301 e. The molecule has 0 aromatic carbocycles. The number of likely N-dealkylation sites (N-methyl/N-ethyl adjacent to an activating group) is 1. The fraction of sp³-hybridized carbons (Fsp3) is 0.308. The van der Waals surface area contributed by atoms with Crippen LogP contribution in [0, 0.1) is 0 Å². The van der Waals surface area contributed by atoms with Gasteiger partial charge in [-0.3, -0.25) is 9.78 Å². The minimum atomic E-state index is -0.125. The van der Waals surface area contributed by atoms with E-state index in [0.717, 1.165) is 17.8 Å². The van der Waals surface area contributed by atoms with Crippen LogP contribution in [0.4, 0.5) is 0 Å². The highest BCUT2D eigenvalue weighted by Crippen LogP contribution is 2.23. The zero-order chi connectivity index (χ0) is 12.7. The minimum absolute atomic E-state index is 0.0759. The third-order valence-corrected chi connectivity index (χ3v) is 3.29. The summed E-state index contributed by atoms with van der Waals surface area (Å²) in [4.78, 5) is 20.6. The van der Waals surface area contributed by atoms with Crippen LogP contribution in [0.25, 0.3) is 11.3 Å². The molecule has 0 radical (unpaired) electrons. The van der Waals surface area contributed by atoms with Gasteiger partial charge in [-0.1, -0.05) is 0 Å². The maximum atomic E-state index is 12.1. The Morgan fingerprint density at radius 1 is 1.44 bits per heavy atom. The summed E-state index contributed by atoms with van der Waals surface area (Å²) in [6, 6.07) is 3.68. The SMILES string of the molecule is CCN1C(C)C(=O)c2nc(-c3cccnc3)cn21. The predicted molar refractivity (Wildman–Crippen MR) is 68.0 cm³/mol. The molecule has 1 atom stereocenters. The molecule has 1 aliphatic rings. The Labute approximate surface area is 105 Å². The molecular formula is C13H14N4O. The average Bonchev–Trinajstić information content (AvgIpc) is 2.92. The first kappa shape index (κ1) is 11.0. The van der Waals surface area contributed by atoms with Gasteiger partial charge in [-0.15, -0.1) is 0 Å². The lowest BCUT2D eigenvalue weighted by molar-refractivity contribution is 0.0973. The minimum Gasteiger partial charge on any atom is -0.301 e. The average molecular weight is 242 g/mol. The van der Waals surface area contributed by atoms with E-state index in [4.69, 9.17) is 0 Å². The summed E-state index contributed by atoms with van der Waals surface area (Å²) in [6.07, 6.45) is 5.37. The van der Waals surface area contributed by atoms with Crippen molar-refractivity contribution in [2.75, 3.05) is 11.6 Å². The van der Waals surface area contributed by atoms with E-state index < -0.39 is 0 Å². The van der Waals surface area contributed by atoms with Crippen molar-refractivity contribution in [1.82, 2.24) is 14.6 Å². The van der Waals surface area contributed by atoms with Gasteiger partial charge in [0.05, 0.1) is 11.9 Å². The molecule has 5 heteroatoms. The number of carbonyl (C=O) groups excluding carboxylic acids is 1. The van der Waals surface area contributed by atoms with E-state index in [1.54, 1.807) is 12.4 Å². The first-order chi connectivity index (χ1) is 8.72. The first-order valence-electron chi connectivity index (χ1n) is 6.03. The summed E-state index contributed by atoms with van der Waals surface area (Å²) >= 11 is 0. The Balaban J connectivity index is 2.07. The van der Waals surface area contributed by atoms with Gasteiger partial charge in [0.1, 0.15) is 6.04 Å². The molecule has 0 saturated heterocycles. The lowest BCUT2D eigenvalue weighted by Gasteiger charge is -2.21. The Morgan fingerprint density at radius 3 is 2.94 bits per heavy atom. The number of hydrogen-bond acceptors (Lipinski definition) is 4. The molecule has 1 unspecified atom stereocenters. The second-order valence-corrected chi connectivity index (χ2v) is 4.33. The summed E-state index contributed by atoms with van der Waals surface area (Å²) in [5.41, 5.74) is 1.72. The molecule has 0 N–H and O–H groups in total. The molecule has 3 heterocycles. The van der Waals surface area contributed by atoms with Crippen LogP contribution in [0.1, 0.15) is 24.5 Å². The van der Waals surface area contributed by atoms with E-state index in [1.807, 2.05) is 41.9 Å². The van der Waals surface area contributed by atoms with Gasteiger partial charge in [0.15, 0.2) is 5.82 Å². The Kier molecular flexibility index (Phi) is 2.40. The number of Topliss-reactive ketones (excluding diaryl/α,β-unsaturated/α-hetero) is 1. The molecule has 0 fully saturated rings. The summed E-state index contributed by atoms with van der Waals surface area (Å²) < 4.78 is 1.86. The summed E-state index contributed by atoms with van der Waals surface area (Å²) in [5, 5.41) is 2.00. The van der Waals surface area contributed by atoms with Crippen LogP contribution < -0.4 is 5.01 Å². The third-order valence-electron chi connectivity index (χ3n) is 3.29. The van der Waals surface area contributed by atoms with Crippen LogP contribution in [-0.2, 0) is 0 Å². The topological polar surface area (TPSA) is 51.0 Å². The Bertz CT molecular complexity index is 590. The van der Waals surface area contributed by atoms with Crippen LogP contribution in [-0.4, -0.2) is 33.0 Å². The molecule has 2 aromatic heterocycles. The molecule has 92 valence electrons. The number of carbonyl (C=O) groups is 1. The number of ketones is 1. The van der Waals surface area contributed by atoms with Gasteiger partial charge in [0.25, 0.3) is 0 Å². The number of fused-ring (bicyclic) bond motifs is 1. The highest BCUT2D eigenvalue weighted by molar-refractivity contribution is 6.01. The number of pyridine rings is 1. The van der Waals surface area contributed by atoms with E-state index in [0.29, 0.717) is 5.82 Å². The second kappa shape index (κ2) is 3.94. The molecule has 3 rings (SSSR count). The molecule has 0 saturated carbocycles. The van der Waals surface area contributed by atoms with Crippen LogP contribution >= 0.6 is 0 Å². The quantitative estimate of drug-likeness (QED) is 0.800. The highest BCUT2D eigenvalue weighted by Gasteiger charge is 2.35. The lowest BCUT2D eigenvalue weighted by atomic mass is 10.2. The van der Waals surface area contributed by atoms with Crippen molar-refractivity contribution >= 4 is 5.78 Å². The van der Waals surface area contributed by atoms with Crippen molar-refractivity contribution in [3.8, 4) is 11.3 Å². The zero-order valence-corrected chi connectivity index (χ0v) is 10.4. The van der Waals surface area contributed by atoms with Crippen molar-refractivity contribution in [2.45, 2.75) is 19.9 Å². The number of nitrogens with zero attached hydrogens (tertiary/aromatic N) is 4. The van der Waals surface area contributed by atoms with Crippen molar-refractivity contribution in [3.63, 3.8) is 0 Å². The van der Waals surface area contributed by atoms with Gasteiger partial charge in [-0.25, -0.2) is 9.66 Å². The molecular weight excluding hydrogens is 228 g/mol. The fourth-order valence-electron chi connectivity index (χ4n) is 2.32.